The second kappa shape index (κ2) is 9.77. The lowest BCUT2D eigenvalue weighted by Gasteiger charge is -2.20. The monoisotopic (exact) mass is 406 g/mol. The van der Waals surface area contributed by atoms with Crippen LogP contribution in [0.5, 0.6) is 5.75 Å². The minimum atomic E-state index is -4.71. The molecular formula is C21H21F3N2O3. The zero-order valence-corrected chi connectivity index (χ0v) is 16.0. The summed E-state index contributed by atoms with van der Waals surface area (Å²) in [6.45, 7) is 1.27. The number of benzene rings is 2. The van der Waals surface area contributed by atoms with Crippen molar-refractivity contribution >= 4 is 23.1 Å². The summed E-state index contributed by atoms with van der Waals surface area (Å²) in [5, 5.41) is 2.60. The number of halogens is 3. The molecule has 0 aliphatic carbocycles. The molecule has 0 aromatic heterocycles. The summed E-state index contributed by atoms with van der Waals surface area (Å²) in [6, 6.07) is 13.6. The number of methoxy groups -OCH3 is 1. The number of allylic oxidation sites excluding steroid dienone is 1. The topological polar surface area (TPSA) is 58.6 Å². The van der Waals surface area contributed by atoms with E-state index in [0.29, 0.717) is 17.5 Å². The highest BCUT2D eigenvalue weighted by Crippen LogP contribution is 2.33. The second-order valence-electron chi connectivity index (χ2n) is 6.05. The number of likely N-dealkylation sites (N-methyl/N-ethyl adjacent to an activating group) is 1. The maximum Gasteiger partial charge on any atom is 0.417 e. The van der Waals surface area contributed by atoms with Crippen molar-refractivity contribution < 1.29 is 27.5 Å². The van der Waals surface area contributed by atoms with Gasteiger partial charge in [-0.1, -0.05) is 36.4 Å². The molecule has 0 saturated carbocycles. The van der Waals surface area contributed by atoms with Crippen LogP contribution in [0, 0.1) is 0 Å². The molecule has 0 bridgehead atoms. The summed E-state index contributed by atoms with van der Waals surface area (Å²) in [4.78, 5) is 25.7. The number of alkyl halides is 3. The van der Waals surface area contributed by atoms with Crippen LogP contribution >= 0.6 is 0 Å². The molecule has 29 heavy (non-hydrogen) atoms. The van der Waals surface area contributed by atoms with E-state index in [9.17, 15) is 22.8 Å². The van der Waals surface area contributed by atoms with Crippen molar-refractivity contribution in [1.82, 2.24) is 4.90 Å². The van der Waals surface area contributed by atoms with Gasteiger partial charge in [0.05, 0.1) is 12.7 Å². The first-order valence-electron chi connectivity index (χ1n) is 8.81. The molecule has 0 spiro atoms. The Balaban J connectivity index is 2.15. The lowest BCUT2D eigenvalue weighted by Crippen LogP contribution is -2.37. The quantitative estimate of drug-likeness (QED) is 0.704. The molecule has 0 radical (unpaired) electrons. The summed E-state index contributed by atoms with van der Waals surface area (Å²) in [5.41, 5.74) is -0.728. The van der Waals surface area contributed by atoms with E-state index in [1.54, 1.807) is 37.3 Å². The van der Waals surface area contributed by atoms with Crippen LogP contribution in [-0.2, 0) is 9.59 Å². The zero-order valence-electron chi connectivity index (χ0n) is 16.0. The highest BCUT2D eigenvalue weighted by atomic mass is 19.4. The van der Waals surface area contributed by atoms with Gasteiger partial charge in [0.15, 0.2) is 0 Å². The molecule has 5 nitrogen and oxygen atoms in total. The Morgan fingerprint density at radius 3 is 2.38 bits per heavy atom. The number of hydrogen-bond acceptors (Lipinski definition) is 3. The first-order chi connectivity index (χ1) is 13.7. The van der Waals surface area contributed by atoms with Crippen molar-refractivity contribution in [3.05, 3.63) is 66.2 Å². The smallest absolute Gasteiger partial charge is 0.417 e. The molecule has 1 N–H and O–H groups in total. The van der Waals surface area contributed by atoms with E-state index >= 15 is 0 Å². The summed E-state index contributed by atoms with van der Waals surface area (Å²) in [7, 11) is 1.48. The molecule has 154 valence electrons. The molecule has 2 aromatic rings. The van der Waals surface area contributed by atoms with Gasteiger partial charge in [-0.05, 0) is 24.6 Å². The maximum atomic E-state index is 13.4. The van der Waals surface area contributed by atoms with Gasteiger partial charge >= 0.3 is 6.18 Å². The van der Waals surface area contributed by atoms with Gasteiger partial charge in [-0.25, -0.2) is 0 Å². The van der Waals surface area contributed by atoms with Crippen molar-refractivity contribution in [1.29, 1.82) is 0 Å². The van der Waals surface area contributed by atoms with E-state index < -0.39 is 23.6 Å². The van der Waals surface area contributed by atoms with Crippen LogP contribution in [0.3, 0.4) is 0 Å². The molecule has 2 aromatic carbocycles. The lowest BCUT2D eigenvalue weighted by molar-refractivity contribution is -0.130. The number of ether oxygens (including phenoxy) is 1. The largest absolute Gasteiger partial charge is 0.497 e. The van der Waals surface area contributed by atoms with E-state index in [0.717, 1.165) is 4.90 Å². The van der Waals surface area contributed by atoms with E-state index in [1.165, 1.54) is 31.4 Å². The molecule has 2 rings (SSSR count). The van der Waals surface area contributed by atoms with Gasteiger partial charge in [-0.2, -0.15) is 13.2 Å². The van der Waals surface area contributed by atoms with Crippen LogP contribution in [0.4, 0.5) is 18.9 Å². The minimum absolute atomic E-state index is 0.0702. The summed E-state index contributed by atoms with van der Waals surface area (Å²) >= 11 is 0. The third-order valence-electron chi connectivity index (χ3n) is 4.04. The number of nitrogens with one attached hydrogen (secondary N) is 1. The Hall–Kier alpha value is -3.29. The SMILES string of the molecule is CCN(CC(=O)Nc1cccc(OC)c1)C(=O)/C=C(/c1ccccc1)C(F)(F)F. The Kier molecular flexibility index (Phi) is 7.41. The molecule has 0 unspecified atom stereocenters. The number of rotatable bonds is 7. The maximum absolute atomic E-state index is 13.4. The van der Waals surface area contributed by atoms with Crippen LogP contribution in [0.2, 0.25) is 0 Å². The van der Waals surface area contributed by atoms with Crippen molar-refractivity contribution in [2.75, 3.05) is 25.5 Å². The van der Waals surface area contributed by atoms with Crippen molar-refractivity contribution in [3.63, 3.8) is 0 Å². The molecule has 0 atom stereocenters. The summed E-state index contributed by atoms with van der Waals surface area (Å²) < 4.78 is 45.3. The lowest BCUT2D eigenvalue weighted by atomic mass is 10.0. The van der Waals surface area contributed by atoms with Crippen LogP contribution in [0.1, 0.15) is 12.5 Å². The molecule has 0 saturated heterocycles. The van der Waals surface area contributed by atoms with Gasteiger partial charge in [-0.3, -0.25) is 9.59 Å². The Labute approximate surface area is 166 Å². The van der Waals surface area contributed by atoms with Gasteiger partial charge in [0.1, 0.15) is 12.3 Å². The number of hydrogen-bond donors (Lipinski definition) is 1. The minimum Gasteiger partial charge on any atom is -0.497 e. The number of amides is 2. The average molecular weight is 406 g/mol. The van der Waals surface area contributed by atoms with E-state index in [-0.39, 0.29) is 18.7 Å². The predicted molar refractivity (Wildman–Crippen MR) is 104 cm³/mol. The molecule has 2 amide bonds. The van der Waals surface area contributed by atoms with Gasteiger partial charge in [0, 0.05) is 24.4 Å². The van der Waals surface area contributed by atoms with Gasteiger partial charge < -0.3 is 15.0 Å². The van der Waals surface area contributed by atoms with Gasteiger partial charge in [-0.15, -0.1) is 0 Å². The molecule has 8 heteroatoms. The molecule has 0 fully saturated rings. The molecule has 0 aliphatic heterocycles. The van der Waals surface area contributed by atoms with Gasteiger partial charge in [0.25, 0.3) is 0 Å². The van der Waals surface area contributed by atoms with E-state index in [4.69, 9.17) is 4.74 Å². The molecule has 0 aliphatic rings. The Bertz CT molecular complexity index is 880. The van der Waals surface area contributed by atoms with Crippen LogP contribution in [0.15, 0.2) is 60.7 Å². The summed E-state index contributed by atoms with van der Waals surface area (Å²) in [6.07, 6.45) is -4.18. The first-order valence-corrected chi connectivity index (χ1v) is 8.81. The fraction of sp³-hybridized carbons (Fsp3) is 0.238. The van der Waals surface area contributed by atoms with Crippen molar-refractivity contribution in [2.24, 2.45) is 0 Å². The third kappa shape index (κ3) is 6.38. The first kappa shape index (κ1) is 22.0. The zero-order chi connectivity index (χ0) is 21.4. The number of carbonyl (C=O) groups excluding carboxylic acids is 2. The fourth-order valence-corrected chi connectivity index (χ4v) is 2.58. The highest BCUT2D eigenvalue weighted by molar-refractivity contribution is 6.00. The number of carbonyl (C=O) groups is 2. The Morgan fingerprint density at radius 1 is 1.10 bits per heavy atom. The third-order valence-corrected chi connectivity index (χ3v) is 4.04. The summed E-state index contributed by atoms with van der Waals surface area (Å²) in [5.74, 6) is -0.897. The predicted octanol–water partition coefficient (Wildman–Crippen LogP) is 4.13. The number of anilines is 1. The van der Waals surface area contributed by atoms with Crippen LogP contribution < -0.4 is 10.1 Å². The Morgan fingerprint density at radius 2 is 1.79 bits per heavy atom. The van der Waals surface area contributed by atoms with Crippen molar-refractivity contribution in [3.8, 4) is 5.75 Å². The number of nitrogens with zero attached hydrogens (tertiary/aromatic N) is 1. The van der Waals surface area contributed by atoms with E-state index in [1.807, 2.05) is 0 Å². The molecular weight excluding hydrogens is 385 g/mol. The standard InChI is InChI=1S/C21H21F3N2O3/c1-3-26(14-19(27)25-16-10-7-11-17(12-16)29-2)20(28)13-18(21(22,23)24)15-8-5-4-6-9-15/h4-13H,3,14H2,1-2H3,(H,25,27)/b18-13-. The molecule has 0 heterocycles. The fourth-order valence-electron chi connectivity index (χ4n) is 2.58. The highest BCUT2D eigenvalue weighted by Gasteiger charge is 2.35. The van der Waals surface area contributed by atoms with Gasteiger partial charge in [0.2, 0.25) is 11.8 Å². The van der Waals surface area contributed by atoms with E-state index in [2.05, 4.69) is 5.32 Å². The van der Waals surface area contributed by atoms with Crippen LogP contribution in [0.25, 0.3) is 5.57 Å². The van der Waals surface area contributed by atoms with Crippen molar-refractivity contribution in [2.45, 2.75) is 13.1 Å². The average Bonchev–Trinajstić information content (AvgIpc) is 2.70. The second-order valence-corrected chi connectivity index (χ2v) is 6.05. The normalized spacial score (nSPS) is 11.7. The van der Waals surface area contributed by atoms with Crippen LogP contribution in [-0.4, -0.2) is 43.1 Å².